The summed E-state index contributed by atoms with van der Waals surface area (Å²) in [6.45, 7) is 3.91. The fourth-order valence-electron chi connectivity index (χ4n) is 1.82. The molecule has 0 amide bonds. The molecule has 0 radical (unpaired) electrons. The van der Waals surface area contributed by atoms with E-state index >= 15 is 0 Å². The molecule has 0 saturated heterocycles. The molecule has 0 aliphatic heterocycles. The molecule has 2 aromatic rings. The van der Waals surface area contributed by atoms with Crippen molar-refractivity contribution >= 4 is 0 Å². The number of halogens is 1. The van der Waals surface area contributed by atoms with Gasteiger partial charge < -0.3 is 0 Å². The summed E-state index contributed by atoms with van der Waals surface area (Å²) in [7, 11) is 0. The first-order valence-corrected chi connectivity index (χ1v) is 5.38. The number of para-hydroxylation sites is 1. The Labute approximate surface area is 99.1 Å². The Morgan fingerprint density at radius 2 is 2.06 bits per heavy atom. The van der Waals surface area contributed by atoms with Crippen LogP contribution in [0.4, 0.5) is 4.39 Å². The number of benzene rings is 1. The van der Waals surface area contributed by atoms with Crippen molar-refractivity contribution in [1.29, 1.82) is 5.26 Å². The van der Waals surface area contributed by atoms with Crippen molar-refractivity contribution < 1.29 is 4.39 Å². The van der Waals surface area contributed by atoms with Crippen LogP contribution in [0.15, 0.2) is 30.5 Å². The van der Waals surface area contributed by atoms with Crippen LogP contribution in [0.1, 0.15) is 31.0 Å². The molecule has 1 aromatic carbocycles. The predicted octanol–water partition coefficient (Wildman–Crippen LogP) is 3.01. The number of hydrogen-bond acceptors (Lipinski definition) is 2. The van der Waals surface area contributed by atoms with Crippen molar-refractivity contribution in [3.05, 3.63) is 47.5 Å². The molecule has 1 aromatic heterocycles. The Balaban J connectivity index is 2.66. The van der Waals surface area contributed by atoms with Crippen LogP contribution in [-0.2, 0) is 0 Å². The van der Waals surface area contributed by atoms with E-state index in [-0.39, 0.29) is 11.7 Å². The second kappa shape index (κ2) is 4.38. The van der Waals surface area contributed by atoms with E-state index in [2.05, 4.69) is 11.2 Å². The van der Waals surface area contributed by atoms with E-state index in [4.69, 9.17) is 5.26 Å². The minimum Gasteiger partial charge on any atom is -0.233 e. The average molecular weight is 229 g/mol. The van der Waals surface area contributed by atoms with Crippen LogP contribution in [0.2, 0.25) is 0 Å². The van der Waals surface area contributed by atoms with E-state index in [9.17, 15) is 4.39 Å². The number of nitriles is 1. The fraction of sp³-hybridized carbons (Fsp3) is 0.231. The third kappa shape index (κ3) is 1.92. The summed E-state index contributed by atoms with van der Waals surface area (Å²) in [6, 6.07) is 8.48. The first kappa shape index (κ1) is 11.3. The van der Waals surface area contributed by atoms with Gasteiger partial charge in [-0.15, -0.1) is 0 Å². The minimum atomic E-state index is -0.345. The van der Waals surface area contributed by atoms with Crippen LogP contribution in [0.25, 0.3) is 5.69 Å². The van der Waals surface area contributed by atoms with Crippen molar-refractivity contribution in [3.63, 3.8) is 0 Å². The molecule has 0 saturated carbocycles. The lowest BCUT2D eigenvalue weighted by molar-refractivity contribution is 0.602. The van der Waals surface area contributed by atoms with Crippen LogP contribution >= 0.6 is 0 Å². The molecule has 0 aliphatic rings. The zero-order valence-corrected chi connectivity index (χ0v) is 9.68. The number of aromatic nitrogens is 2. The van der Waals surface area contributed by atoms with Crippen LogP contribution in [0.5, 0.6) is 0 Å². The van der Waals surface area contributed by atoms with Crippen LogP contribution in [0.3, 0.4) is 0 Å². The monoisotopic (exact) mass is 229 g/mol. The summed E-state index contributed by atoms with van der Waals surface area (Å²) in [5.74, 6) is -0.242. The maximum atomic E-state index is 13.7. The fourth-order valence-corrected chi connectivity index (χ4v) is 1.82. The third-order valence-electron chi connectivity index (χ3n) is 2.55. The number of hydrogen-bond donors (Lipinski definition) is 0. The molecule has 4 heteroatoms. The highest BCUT2D eigenvalue weighted by atomic mass is 19.1. The predicted molar refractivity (Wildman–Crippen MR) is 62.3 cm³/mol. The minimum absolute atomic E-state index is 0.103. The molecule has 17 heavy (non-hydrogen) atoms. The van der Waals surface area contributed by atoms with Gasteiger partial charge in [0.15, 0.2) is 0 Å². The van der Waals surface area contributed by atoms with Gasteiger partial charge in [-0.25, -0.2) is 9.07 Å². The molecule has 1 heterocycles. The Morgan fingerprint density at radius 3 is 2.65 bits per heavy atom. The molecule has 86 valence electrons. The summed E-state index contributed by atoms with van der Waals surface area (Å²) in [5, 5.41) is 13.1. The van der Waals surface area contributed by atoms with E-state index in [0.717, 1.165) is 5.69 Å². The van der Waals surface area contributed by atoms with Gasteiger partial charge in [-0.1, -0.05) is 26.0 Å². The molecule has 0 aliphatic carbocycles. The summed E-state index contributed by atoms with van der Waals surface area (Å²) >= 11 is 0. The molecule has 0 bridgehead atoms. The second-order valence-corrected chi connectivity index (χ2v) is 4.07. The normalized spacial score (nSPS) is 10.5. The molecule has 0 atom stereocenters. The van der Waals surface area contributed by atoms with Crippen molar-refractivity contribution in [2.45, 2.75) is 19.8 Å². The van der Waals surface area contributed by atoms with Crippen molar-refractivity contribution in [2.75, 3.05) is 0 Å². The molecular formula is C13H12FN3. The lowest BCUT2D eigenvalue weighted by atomic mass is 10.1. The Kier molecular flexibility index (Phi) is 2.92. The van der Waals surface area contributed by atoms with Gasteiger partial charge in [0, 0.05) is 0 Å². The maximum Gasteiger partial charge on any atom is 0.148 e. The summed E-state index contributed by atoms with van der Waals surface area (Å²) in [4.78, 5) is 0. The van der Waals surface area contributed by atoms with Crippen molar-refractivity contribution in [3.8, 4) is 11.8 Å². The van der Waals surface area contributed by atoms with Gasteiger partial charge in [0.1, 0.15) is 17.6 Å². The van der Waals surface area contributed by atoms with Gasteiger partial charge in [0.25, 0.3) is 0 Å². The Bertz CT molecular complexity index is 579. The maximum absolute atomic E-state index is 13.7. The SMILES string of the molecule is CC(C)c1c(C#N)cnn1-c1ccccc1F. The number of nitrogens with zero attached hydrogens (tertiary/aromatic N) is 3. The highest BCUT2D eigenvalue weighted by Gasteiger charge is 2.16. The molecule has 0 fully saturated rings. The summed E-state index contributed by atoms with van der Waals surface area (Å²) in [5.41, 5.74) is 1.60. The van der Waals surface area contributed by atoms with Crippen molar-refractivity contribution in [2.24, 2.45) is 0 Å². The second-order valence-electron chi connectivity index (χ2n) is 4.07. The third-order valence-corrected chi connectivity index (χ3v) is 2.55. The van der Waals surface area contributed by atoms with E-state index in [1.165, 1.54) is 16.9 Å². The molecule has 0 unspecified atom stereocenters. The molecule has 0 spiro atoms. The van der Waals surface area contributed by atoms with Crippen LogP contribution in [-0.4, -0.2) is 9.78 Å². The molecule has 3 nitrogen and oxygen atoms in total. The van der Waals surface area contributed by atoms with Gasteiger partial charge in [-0.05, 0) is 18.1 Å². The molecule has 2 rings (SSSR count). The number of rotatable bonds is 2. The lowest BCUT2D eigenvalue weighted by Gasteiger charge is -2.11. The van der Waals surface area contributed by atoms with E-state index in [1.54, 1.807) is 18.2 Å². The van der Waals surface area contributed by atoms with Gasteiger partial charge >= 0.3 is 0 Å². The Morgan fingerprint density at radius 1 is 1.35 bits per heavy atom. The lowest BCUT2D eigenvalue weighted by Crippen LogP contribution is -2.06. The van der Waals surface area contributed by atoms with Gasteiger partial charge in [0.2, 0.25) is 0 Å². The highest BCUT2D eigenvalue weighted by molar-refractivity contribution is 5.41. The smallest absolute Gasteiger partial charge is 0.148 e. The van der Waals surface area contributed by atoms with Gasteiger partial charge in [-0.2, -0.15) is 10.4 Å². The standard InChI is InChI=1S/C13H12FN3/c1-9(2)13-10(7-15)8-16-17(13)12-6-4-3-5-11(12)14/h3-6,8-9H,1-2H3. The molecule has 0 N–H and O–H groups in total. The van der Waals surface area contributed by atoms with Gasteiger partial charge in [-0.3, -0.25) is 0 Å². The van der Waals surface area contributed by atoms with Crippen LogP contribution < -0.4 is 0 Å². The van der Waals surface area contributed by atoms with Crippen LogP contribution in [0, 0.1) is 17.1 Å². The zero-order valence-electron chi connectivity index (χ0n) is 9.68. The van der Waals surface area contributed by atoms with E-state index in [1.807, 2.05) is 13.8 Å². The van der Waals surface area contributed by atoms with E-state index < -0.39 is 0 Å². The molecular weight excluding hydrogens is 217 g/mol. The largest absolute Gasteiger partial charge is 0.233 e. The van der Waals surface area contributed by atoms with Crippen molar-refractivity contribution in [1.82, 2.24) is 9.78 Å². The quantitative estimate of drug-likeness (QED) is 0.794. The highest BCUT2D eigenvalue weighted by Crippen LogP contribution is 2.23. The Hall–Kier alpha value is -2.15. The zero-order chi connectivity index (χ0) is 12.4. The first-order valence-electron chi connectivity index (χ1n) is 5.38. The average Bonchev–Trinajstić information content (AvgIpc) is 2.73. The first-order chi connectivity index (χ1) is 8.15. The van der Waals surface area contributed by atoms with E-state index in [0.29, 0.717) is 11.3 Å². The summed E-state index contributed by atoms with van der Waals surface area (Å²) < 4.78 is 15.2. The topological polar surface area (TPSA) is 41.6 Å². The summed E-state index contributed by atoms with van der Waals surface area (Å²) in [6.07, 6.45) is 1.47. The van der Waals surface area contributed by atoms with Gasteiger partial charge in [0.05, 0.1) is 17.5 Å².